The van der Waals surface area contributed by atoms with Gasteiger partial charge in [-0.05, 0) is 46.9 Å². The third kappa shape index (κ3) is 3.68. The molecule has 25 heavy (non-hydrogen) atoms. The number of hydrogen-bond donors (Lipinski definition) is 0. The summed E-state index contributed by atoms with van der Waals surface area (Å²) < 4.78 is 14.6. The molecular formula is C17H21FN6O. The van der Waals surface area contributed by atoms with Crippen molar-refractivity contribution in [3.63, 3.8) is 0 Å². The van der Waals surface area contributed by atoms with Crippen LogP contribution in [0.2, 0.25) is 0 Å². The average molecular weight is 344 g/mol. The van der Waals surface area contributed by atoms with Gasteiger partial charge in [0.15, 0.2) is 0 Å². The summed E-state index contributed by atoms with van der Waals surface area (Å²) in [4.78, 5) is 17.0. The molecule has 0 saturated carbocycles. The highest BCUT2D eigenvalue weighted by molar-refractivity contribution is 5.76. The van der Waals surface area contributed by atoms with Gasteiger partial charge in [0.25, 0.3) is 0 Å². The molecule has 2 bridgehead atoms. The summed E-state index contributed by atoms with van der Waals surface area (Å²) in [5, 5.41) is 10.9. The Kier molecular flexibility index (Phi) is 4.44. The quantitative estimate of drug-likeness (QED) is 0.826. The molecule has 0 spiro atoms. The highest BCUT2D eigenvalue weighted by Gasteiger charge is 2.37. The Morgan fingerprint density at radius 2 is 2.00 bits per heavy atom. The molecule has 7 nitrogen and oxygen atoms in total. The van der Waals surface area contributed by atoms with E-state index in [2.05, 4.69) is 20.4 Å². The van der Waals surface area contributed by atoms with E-state index in [-0.39, 0.29) is 24.3 Å². The molecule has 0 aliphatic carbocycles. The summed E-state index contributed by atoms with van der Waals surface area (Å²) in [7, 11) is 0. The van der Waals surface area contributed by atoms with E-state index >= 15 is 0 Å². The van der Waals surface area contributed by atoms with Gasteiger partial charge in [0, 0.05) is 32.2 Å². The summed E-state index contributed by atoms with van der Waals surface area (Å²) in [6.07, 6.45) is 3.65. The van der Waals surface area contributed by atoms with E-state index in [1.165, 1.54) is 23.1 Å². The van der Waals surface area contributed by atoms with E-state index in [1.807, 2.05) is 17.0 Å². The second-order valence-electron chi connectivity index (χ2n) is 6.97. The van der Waals surface area contributed by atoms with Crippen LogP contribution in [0, 0.1) is 11.7 Å². The van der Waals surface area contributed by atoms with Crippen LogP contribution in [-0.2, 0) is 17.9 Å². The molecule has 2 atom stereocenters. The van der Waals surface area contributed by atoms with Gasteiger partial charge < -0.3 is 4.90 Å². The van der Waals surface area contributed by atoms with Gasteiger partial charge in [0.2, 0.25) is 5.91 Å². The first-order valence-electron chi connectivity index (χ1n) is 8.64. The number of aromatic nitrogens is 4. The Balaban J connectivity index is 1.43. The first-order chi connectivity index (χ1) is 12.2. The van der Waals surface area contributed by atoms with E-state index in [0.717, 1.165) is 44.6 Å². The molecule has 3 fully saturated rings. The number of fused-ring (bicyclic) bond motifs is 4. The van der Waals surface area contributed by atoms with Crippen LogP contribution >= 0.6 is 0 Å². The molecule has 8 heteroatoms. The van der Waals surface area contributed by atoms with Crippen molar-refractivity contribution in [3.8, 4) is 0 Å². The van der Waals surface area contributed by atoms with E-state index in [4.69, 9.17) is 0 Å². The number of carbonyl (C=O) groups excluding carboxylic acids is 1. The predicted octanol–water partition coefficient (Wildman–Crippen LogP) is 0.935. The van der Waals surface area contributed by atoms with Crippen LogP contribution in [0.4, 0.5) is 4.39 Å². The van der Waals surface area contributed by atoms with Crippen molar-refractivity contribution in [2.45, 2.75) is 32.0 Å². The largest absolute Gasteiger partial charge is 0.336 e. The maximum absolute atomic E-state index is 13.1. The minimum atomic E-state index is -0.209. The van der Waals surface area contributed by atoms with Crippen LogP contribution in [0.3, 0.4) is 0 Å². The first kappa shape index (κ1) is 16.1. The van der Waals surface area contributed by atoms with Gasteiger partial charge in [-0.1, -0.05) is 12.1 Å². The lowest BCUT2D eigenvalue weighted by Gasteiger charge is -2.36. The van der Waals surface area contributed by atoms with Crippen molar-refractivity contribution in [2.24, 2.45) is 5.92 Å². The van der Waals surface area contributed by atoms with Crippen molar-refractivity contribution >= 4 is 5.91 Å². The highest BCUT2D eigenvalue weighted by atomic mass is 19.1. The molecule has 132 valence electrons. The van der Waals surface area contributed by atoms with Gasteiger partial charge in [0.1, 0.15) is 18.7 Å². The fourth-order valence-electron chi connectivity index (χ4n) is 3.94. The summed E-state index contributed by atoms with van der Waals surface area (Å²) in [6, 6.07) is 6.90. The zero-order chi connectivity index (χ0) is 17.2. The first-order valence-corrected chi connectivity index (χ1v) is 8.64. The average Bonchev–Trinajstić information content (AvgIpc) is 2.96. The molecule has 3 aliphatic rings. The Bertz CT molecular complexity index is 719. The standard InChI is InChI=1S/C17H21FN6O/c18-15-4-1-13(2-5-15)7-22-8-14-3-6-16(10-22)24(9-14)17(25)11-23-12-19-20-21-23/h1-2,4-5,12,14,16H,3,6-11H2. The van der Waals surface area contributed by atoms with Crippen molar-refractivity contribution in [3.05, 3.63) is 42.0 Å². The lowest BCUT2D eigenvalue weighted by molar-refractivity contribution is -0.136. The van der Waals surface area contributed by atoms with Crippen molar-refractivity contribution in [2.75, 3.05) is 19.6 Å². The van der Waals surface area contributed by atoms with Crippen LogP contribution in [-0.4, -0.2) is 61.6 Å². The SMILES string of the molecule is O=C(Cn1cnnn1)N1CC2CCC1CN(Cc1ccc(F)cc1)C2. The summed E-state index contributed by atoms with van der Waals surface area (Å²) in [5.41, 5.74) is 1.11. The van der Waals surface area contributed by atoms with Gasteiger partial charge in [-0.2, -0.15) is 0 Å². The van der Waals surface area contributed by atoms with Crippen LogP contribution in [0.5, 0.6) is 0 Å². The lowest BCUT2D eigenvalue weighted by atomic mass is 9.95. The normalized spacial score (nSPS) is 23.6. The number of rotatable bonds is 4. The zero-order valence-corrected chi connectivity index (χ0v) is 14.0. The van der Waals surface area contributed by atoms with Crippen LogP contribution in [0.1, 0.15) is 18.4 Å². The summed E-state index contributed by atoms with van der Waals surface area (Å²) >= 11 is 0. The van der Waals surface area contributed by atoms with Gasteiger partial charge in [0.05, 0.1) is 0 Å². The Morgan fingerprint density at radius 3 is 2.76 bits per heavy atom. The number of benzene rings is 1. The van der Waals surface area contributed by atoms with Gasteiger partial charge >= 0.3 is 0 Å². The summed E-state index contributed by atoms with van der Waals surface area (Å²) in [5.74, 6) is 0.349. The number of hydrogen-bond acceptors (Lipinski definition) is 5. The molecule has 1 amide bonds. The number of nitrogens with zero attached hydrogens (tertiary/aromatic N) is 6. The molecular weight excluding hydrogens is 323 g/mol. The van der Waals surface area contributed by atoms with E-state index in [1.54, 1.807) is 0 Å². The number of piperidine rings is 1. The van der Waals surface area contributed by atoms with Crippen LogP contribution in [0.25, 0.3) is 0 Å². The molecule has 3 aliphatic heterocycles. The van der Waals surface area contributed by atoms with Crippen molar-refractivity contribution in [1.29, 1.82) is 0 Å². The molecule has 1 aromatic heterocycles. The lowest BCUT2D eigenvalue weighted by Crippen LogP contribution is -2.48. The number of halogens is 1. The molecule has 5 rings (SSSR count). The predicted molar refractivity (Wildman–Crippen MR) is 87.7 cm³/mol. The van der Waals surface area contributed by atoms with E-state index < -0.39 is 0 Å². The zero-order valence-electron chi connectivity index (χ0n) is 14.0. The summed E-state index contributed by atoms with van der Waals surface area (Å²) in [6.45, 7) is 3.61. The van der Waals surface area contributed by atoms with E-state index in [0.29, 0.717) is 5.92 Å². The molecule has 2 aromatic rings. The van der Waals surface area contributed by atoms with Crippen LogP contribution in [0.15, 0.2) is 30.6 Å². The third-order valence-electron chi connectivity index (χ3n) is 5.12. The minimum Gasteiger partial charge on any atom is -0.336 e. The Morgan fingerprint density at radius 1 is 1.16 bits per heavy atom. The maximum atomic E-state index is 13.1. The van der Waals surface area contributed by atoms with Gasteiger partial charge in [-0.15, -0.1) is 5.10 Å². The fraction of sp³-hybridized carbons (Fsp3) is 0.529. The molecule has 0 radical (unpaired) electrons. The molecule has 2 unspecified atom stereocenters. The highest BCUT2D eigenvalue weighted by Crippen LogP contribution is 2.29. The smallest absolute Gasteiger partial charge is 0.244 e. The minimum absolute atomic E-state index is 0.0747. The molecule has 3 saturated heterocycles. The molecule has 0 N–H and O–H groups in total. The Labute approximate surface area is 145 Å². The third-order valence-corrected chi connectivity index (χ3v) is 5.12. The monoisotopic (exact) mass is 344 g/mol. The number of amides is 1. The van der Waals surface area contributed by atoms with Crippen LogP contribution < -0.4 is 0 Å². The van der Waals surface area contributed by atoms with E-state index in [9.17, 15) is 9.18 Å². The van der Waals surface area contributed by atoms with Gasteiger partial charge in [-0.3, -0.25) is 9.69 Å². The Hall–Kier alpha value is -2.35. The number of carbonyl (C=O) groups is 1. The van der Waals surface area contributed by atoms with Gasteiger partial charge in [-0.25, -0.2) is 9.07 Å². The molecule has 4 heterocycles. The number of tetrazole rings is 1. The maximum Gasteiger partial charge on any atom is 0.244 e. The van der Waals surface area contributed by atoms with Crippen molar-refractivity contribution < 1.29 is 9.18 Å². The molecule has 1 aromatic carbocycles. The van der Waals surface area contributed by atoms with Crippen molar-refractivity contribution in [1.82, 2.24) is 30.0 Å². The second-order valence-corrected chi connectivity index (χ2v) is 6.97. The fourth-order valence-corrected chi connectivity index (χ4v) is 3.94. The second kappa shape index (κ2) is 6.87. The topological polar surface area (TPSA) is 67.2 Å².